The smallest absolute Gasteiger partial charge is 0.127 e. The van der Waals surface area contributed by atoms with Crippen LogP contribution in [0.2, 0.25) is 5.02 Å². The standard InChI is InChI=1S/C15H18ClN3/c1-19-13-7-10(16)5-6-12(13)18-15(19)14-11-4-2-3-9(11)8-17-14/h5-7,9,11,14,17H,2-4,8H2,1H3. The second-order valence-corrected chi connectivity index (χ2v) is 6.34. The molecule has 0 radical (unpaired) electrons. The number of imidazole rings is 1. The van der Waals surface area contributed by atoms with Gasteiger partial charge in [0, 0.05) is 12.1 Å². The van der Waals surface area contributed by atoms with Gasteiger partial charge in [0.2, 0.25) is 0 Å². The van der Waals surface area contributed by atoms with E-state index in [1.54, 1.807) is 0 Å². The topological polar surface area (TPSA) is 29.9 Å². The Morgan fingerprint density at radius 3 is 3.16 bits per heavy atom. The minimum absolute atomic E-state index is 0.420. The summed E-state index contributed by atoms with van der Waals surface area (Å²) in [5, 5.41) is 4.45. The first kappa shape index (κ1) is 11.7. The van der Waals surface area contributed by atoms with Gasteiger partial charge in [-0.3, -0.25) is 0 Å². The molecule has 0 amide bonds. The summed E-state index contributed by atoms with van der Waals surface area (Å²) in [6, 6.07) is 6.36. The molecule has 1 aromatic heterocycles. The van der Waals surface area contributed by atoms with Gasteiger partial charge in [0.15, 0.2) is 0 Å². The summed E-state index contributed by atoms with van der Waals surface area (Å²) >= 11 is 6.09. The zero-order valence-corrected chi connectivity index (χ0v) is 11.8. The third kappa shape index (κ3) is 1.72. The molecule has 0 spiro atoms. The summed E-state index contributed by atoms with van der Waals surface area (Å²) in [6.07, 6.45) is 4.10. The SMILES string of the molecule is Cn1c(C2NCC3CCCC32)nc2ccc(Cl)cc21. The number of nitrogens with zero attached hydrogens (tertiary/aromatic N) is 2. The van der Waals surface area contributed by atoms with Crippen LogP contribution in [-0.4, -0.2) is 16.1 Å². The van der Waals surface area contributed by atoms with Gasteiger partial charge in [-0.1, -0.05) is 18.0 Å². The number of fused-ring (bicyclic) bond motifs is 2. The van der Waals surface area contributed by atoms with Gasteiger partial charge in [-0.25, -0.2) is 4.98 Å². The molecule has 2 heterocycles. The van der Waals surface area contributed by atoms with E-state index in [2.05, 4.69) is 16.9 Å². The average Bonchev–Trinajstić information content (AvgIpc) is 3.05. The maximum Gasteiger partial charge on any atom is 0.127 e. The molecule has 1 aliphatic carbocycles. The number of aryl methyl sites for hydroxylation is 1. The summed E-state index contributed by atoms with van der Waals surface area (Å²) in [5.41, 5.74) is 2.18. The van der Waals surface area contributed by atoms with Crippen molar-refractivity contribution < 1.29 is 0 Å². The van der Waals surface area contributed by atoms with E-state index in [9.17, 15) is 0 Å². The van der Waals surface area contributed by atoms with Crippen LogP contribution in [-0.2, 0) is 7.05 Å². The lowest BCUT2D eigenvalue weighted by atomic mass is 9.94. The maximum atomic E-state index is 6.09. The summed E-state index contributed by atoms with van der Waals surface area (Å²) in [4.78, 5) is 4.84. The quantitative estimate of drug-likeness (QED) is 0.866. The molecule has 1 aromatic carbocycles. The number of benzene rings is 1. The normalized spacial score (nSPS) is 30.1. The molecule has 2 aliphatic rings. The highest BCUT2D eigenvalue weighted by Gasteiger charge is 2.41. The highest BCUT2D eigenvalue weighted by molar-refractivity contribution is 6.31. The third-order valence-electron chi connectivity index (χ3n) is 4.90. The van der Waals surface area contributed by atoms with Crippen LogP contribution in [0.1, 0.15) is 31.1 Å². The lowest BCUT2D eigenvalue weighted by Gasteiger charge is -2.17. The number of rotatable bonds is 1. The van der Waals surface area contributed by atoms with Crippen LogP contribution in [0.4, 0.5) is 0 Å². The number of hydrogen-bond donors (Lipinski definition) is 1. The van der Waals surface area contributed by atoms with Crippen LogP contribution < -0.4 is 5.32 Å². The monoisotopic (exact) mass is 275 g/mol. The Balaban J connectivity index is 1.81. The first-order chi connectivity index (χ1) is 9.24. The second-order valence-electron chi connectivity index (χ2n) is 5.90. The minimum Gasteiger partial charge on any atom is -0.330 e. The van der Waals surface area contributed by atoms with Crippen molar-refractivity contribution in [2.75, 3.05) is 6.54 Å². The lowest BCUT2D eigenvalue weighted by molar-refractivity contribution is 0.402. The van der Waals surface area contributed by atoms with Gasteiger partial charge >= 0.3 is 0 Å². The van der Waals surface area contributed by atoms with Crippen LogP contribution in [0.5, 0.6) is 0 Å². The molecule has 19 heavy (non-hydrogen) atoms. The van der Waals surface area contributed by atoms with Crippen LogP contribution in [0.15, 0.2) is 18.2 Å². The van der Waals surface area contributed by atoms with Gasteiger partial charge in [-0.2, -0.15) is 0 Å². The highest BCUT2D eigenvalue weighted by atomic mass is 35.5. The highest BCUT2D eigenvalue weighted by Crippen LogP contribution is 2.44. The molecule has 3 atom stereocenters. The fourth-order valence-corrected chi connectivity index (χ4v) is 4.10. The second kappa shape index (κ2) is 4.22. The largest absolute Gasteiger partial charge is 0.330 e. The maximum absolute atomic E-state index is 6.09. The van der Waals surface area contributed by atoms with Gasteiger partial charge in [0.05, 0.1) is 17.1 Å². The number of halogens is 1. The molecule has 3 unspecified atom stereocenters. The van der Waals surface area contributed by atoms with Crippen molar-refractivity contribution >= 4 is 22.6 Å². The molecule has 3 nitrogen and oxygen atoms in total. The lowest BCUT2D eigenvalue weighted by Crippen LogP contribution is -2.21. The predicted molar refractivity (Wildman–Crippen MR) is 77.3 cm³/mol. The van der Waals surface area contributed by atoms with E-state index < -0.39 is 0 Å². The number of nitrogens with one attached hydrogen (secondary N) is 1. The Kier molecular flexibility index (Phi) is 2.61. The molecular weight excluding hydrogens is 258 g/mol. The molecule has 2 fully saturated rings. The molecule has 4 heteroatoms. The molecule has 1 aliphatic heterocycles. The summed E-state index contributed by atoms with van der Waals surface area (Å²) < 4.78 is 2.21. The van der Waals surface area contributed by atoms with Crippen LogP contribution in [0, 0.1) is 11.8 Å². The molecular formula is C15H18ClN3. The van der Waals surface area contributed by atoms with Gasteiger partial charge in [-0.15, -0.1) is 0 Å². The fourth-order valence-electron chi connectivity index (χ4n) is 3.93. The van der Waals surface area contributed by atoms with E-state index in [4.69, 9.17) is 16.6 Å². The van der Waals surface area contributed by atoms with Crippen LogP contribution in [0.3, 0.4) is 0 Å². The van der Waals surface area contributed by atoms with Gasteiger partial charge < -0.3 is 9.88 Å². The Hall–Kier alpha value is -1.06. The summed E-state index contributed by atoms with van der Waals surface area (Å²) in [5.74, 6) is 2.80. The van der Waals surface area contributed by atoms with E-state index in [1.165, 1.54) is 25.1 Å². The zero-order valence-electron chi connectivity index (χ0n) is 11.1. The third-order valence-corrected chi connectivity index (χ3v) is 5.14. The molecule has 100 valence electrons. The van der Waals surface area contributed by atoms with Crippen LogP contribution in [0.25, 0.3) is 11.0 Å². The van der Waals surface area contributed by atoms with Crippen molar-refractivity contribution in [1.29, 1.82) is 0 Å². The molecule has 2 aromatic rings. The van der Waals surface area contributed by atoms with Crippen molar-refractivity contribution in [1.82, 2.24) is 14.9 Å². The molecule has 4 rings (SSSR count). The van der Waals surface area contributed by atoms with Crippen molar-refractivity contribution in [2.24, 2.45) is 18.9 Å². The average molecular weight is 276 g/mol. The van der Waals surface area contributed by atoms with E-state index >= 15 is 0 Å². The van der Waals surface area contributed by atoms with Gasteiger partial charge in [0.25, 0.3) is 0 Å². The van der Waals surface area contributed by atoms with Crippen molar-refractivity contribution in [3.63, 3.8) is 0 Å². The first-order valence-corrected chi connectivity index (χ1v) is 7.47. The molecule has 1 N–H and O–H groups in total. The molecule has 0 bridgehead atoms. The van der Waals surface area contributed by atoms with Crippen molar-refractivity contribution in [2.45, 2.75) is 25.3 Å². The predicted octanol–water partition coefficient (Wildman–Crippen LogP) is 3.29. The summed E-state index contributed by atoms with van der Waals surface area (Å²) in [6.45, 7) is 1.15. The summed E-state index contributed by atoms with van der Waals surface area (Å²) in [7, 11) is 2.10. The van der Waals surface area contributed by atoms with E-state index in [0.29, 0.717) is 6.04 Å². The van der Waals surface area contributed by atoms with E-state index in [0.717, 1.165) is 34.4 Å². The molecule has 1 saturated heterocycles. The Bertz CT molecular complexity index is 634. The first-order valence-electron chi connectivity index (χ1n) is 7.09. The number of aromatic nitrogens is 2. The van der Waals surface area contributed by atoms with E-state index in [-0.39, 0.29) is 0 Å². The fraction of sp³-hybridized carbons (Fsp3) is 0.533. The van der Waals surface area contributed by atoms with Gasteiger partial charge in [0.1, 0.15) is 5.82 Å². The zero-order chi connectivity index (χ0) is 13.0. The number of hydrogen-bond acceptors (Lipinski definition) is 2. The minimum atomic E-state index is 0.420. The van der Waals surface area contributed by atoms with Crippen molar-refractivity contribution in [3.05, 3.63) is 29.0 Å². The Morgan fingerprint density at radius 2 is 2.26 bits per heavy atom. The Labute approximate surface area is 118 Å². The van der Waals surface area contributed by atoms with Crippen molar-refractivity contribution in [3.8, 4) is 0 Å². The van der Waals surface area contributed by atoms with Gasteiger partial charge in [-0.05, 0) is 49.4 Å². The van der Waals surface area contributed by atoms with Crippen LogP contribution >= 0.6 is 11.6 Å². The van der Waals surface area contributed by atoms with E-state index in [1.807, 2.05) is 18.2 Å². The molecule has 1 saturated carbocycles. The Morgan fingerprint density at radius 1 is 1.37 bits per heavy atom.